The van der Waals surface area contributed by atoms with E-state index in [1.165, 1.54) is 0 Å². The second-order valence-electron chi connectivity index (χ2n) is 3.36. The Morgan fingerprint density at radius 3 is 2.36 bits per heavy atom. The largest absolute Gasteiger partial charge is 0.359 e. The smallest absolute Gasteiger partial charge is 0.224 e. The van der Waals surface area contributed by atoms with E-state index in [0.717, 1.165) is 0 Å². The SMILES string of the molecule is CNC(=O)CCNC(=O)C(C)C(C)N. The van der Waals surface area contributed by atoms with Gasteiger partial charge in [-0.1, -0.05) is 6.92 Å². The van der Waals surface area contributed by atoms with E-state index in [1.807, 2.05) is 0 Å². The Bertz CT molecular complexity index is 204. The Morgan fingerprint density at radius 2 is 1.93 bits per heavy atom. The maximum atomic E-state index is 11.3. The van der Waals surface area contributed by atoms with Crippen molar-refractivity contribution in [1.29, 1.82) is 0 Å². The molecule has 0 aliphatic rings. The third-order valence-electron chi connectivity index (χ3n) is 2.13. The predicted molar refractivity (Wildman–Crippen MR) is 54.5 cm³/mol. The van der Waals surface area contributed by atoms with Crippen LogP contribution in [0.1, 0.15) is 20.3 Å². The second kappa shape index (κ2) is 6.37. The summed E-state index contributed by atoms with van der Waals surface area (Å²) in [7, 11) is 1.56. The van der Waals surface area contributed by atoms with Crippen molar-refractivity contribution in [2.75, 3.05) is 13.6 Å². The number of amides is 2. The first-order valence-electron chi connectivity index (χ1n) is 4.73. The van der Waals surface area contributed by atoms with Crippen molar-refractivity contribution < 1.29 is 9.59 Å². The molecule has 0 spiro atoms. The molecule has 0 heterocycles. The summed E-state index contributed by atoms with van der Waals surface area (Å²) in [5.41, 5.74) is 5.55. The summed E-state index contributed by atoms with van der Waals surface area (Å²) in [5.74, 6) is -0.414. The average molecular weight is 201 g/mol. The molecular weight excluding hydrogens is 182 g/mol. The molecule has 0 aliphatic carbocycles. The lowest BCUT2D eigenvalue weighted by molar-refractivity contribution is -0.125. The molecule has 5 nitrogen and oxygen atoms in total. The molecule has 0 saturated heterocycles. The van der Waals surface area contributed by atoms with Gasteiger partial charge < -0.3 is 16.4 Å². The fraction of sp³-hybridized carbons (Fsp3) is 0.778. The highest BCUT2D eigenvalue weighted by Gasteiger charge is 2.16. The number of nitrogens with two attached hydrogens (primary N) is 1. The van der Waals surface area contributed by atoms with Gasteiger partial charge in [-0.25, -0.2) is 0 Å². The number of hydrogen-bond donors (Lipinski definition) is 3. The molecule has 2 unspecified atom stereocenters. The molecule has 0 fully saturated rings. The molecule has 0 aromatic heterocycles. The third-order valence-corrected chi connectivity index (χ3v) is 2.13. The molecule has 82 valence electrons. The van der Waals surface area contributed by atoms with Gasteiger partial charge in [-0.15, -0.1) is 0 Å². The molecule has 0 aliphatic heterocycles. The summed E-state index contributed by atoms with van der Waals surface area (Å²) in [5, 5.41) is 5.12. The van der Waals surface area contributed by atoms with Gasteiger partial charge in [0.1, 0.15) is 0 Å². The van der Waals surface area contributed by atoms with Crippen molar-refractivity contribution in [3.05, 3.63) is 0 Å². The average Bonchev–Trinajstić information content (AvgIpc) is 2.15. The molecule has 5 heteroatoms. The normalized spacial score (nSPS) is 14.3. The minimum atomic E-state index is -0.223. The van der Waals surface area contributed by atoms with Crippen LogP contribution >= 0.6 is 0 Å². The summed E-state index contributed by atoms with van der Waals surface area (Å²) in [4.78, 5) is 22.1. The first-order chi connectivity index (χ1) is 6.49. The van der Waals surface area contributed by atoms with Gasteiger partial charge in [-0.2, -0.15) is 0 Å². The Hall–Kier alpha value is -1.10. The second-order valence-corrected chi connectivity index (χ2v) is 3.36. The van der Waals surface area contributed by atoms with Crippen LogP contribution < -0.4 is 16.4 Å². The zero-order valence-corrected chi connectivity index (χ0v) is 8.96. The van der Waals surface area contributed by atoms with E-state index < -0.39 is 0 Å². The van der Waals surface area contributed by atoms with Gasteiger partial charge in [0.05, 0.1) is 0 Å². The lowest BCUT2D eigenvalue weighted by Crippen LogP contribution is -2.39. The number of nitrogens with one attached hydrogen (secondary N) is 2. The van der Waals surface area contributed by atoms with Crippen LogP contribution in [0.15, 0.2) is 0 Å². The molecule has 0 aromatic carbocycles. The van der Waals surface area contributed by atoms with Gasteiger partial charge in [-0.3, -0.25) is 9.59 Å². The number of carbonyl (C=O) groups excluding carboxylic acids is 2. The molecule has 0 rings (SSSR count). The molecule has 14 heavy (non-hydrogen) atoms. The number of rotatable bonds is 5. The van der Waals surface area contributed by atoms with E-state index in [4.69, 9.17) is 5.73 Å². The molecule has 0 saturated carbocycles. The van der Waals surface area contributed by atoms with Crippen LogP contribution in [0.3, 0.4) is 0 Å². The standard InChI is InChI=1S/C9H19N3O2/c1-6(7(2)10)9(14)12-5-4-8(13)11-3/h6-7H,4-5,10H2,1-3H3,(H,11,13)(H,12,14). The molecule has 4 N–H and O–H groups in total. The van der Waals surface area contributed by atoms with E-state index in [2.05, 4.69) is 10.6 Å². The van der Waals surface area contributed by atoms with Crippen molar-refractivity contribution in [3.63, 3.8) is 0 Å². The zero-order chi connectivity index (χ0) is 11.1. The van der Waals surface area contributed by atoms with Crippen LogP contribution in [0.2, 0.25) is 0 Å². The lowest BCUT2D eigenvalue weighted by Gasteiger charge is -2.14. The molecule has 2 amide bonds. The fourth-order valence-electron chi connectivity index (χ4n) is 0.824. The van der Waals surface area contributed by atoms with Gasteiger partial charge in [0.25, 0.3) is 0 Å². The highest BCUT2D eigenvalue weighted by molar-refractivity contribution is 5.80. The Kier molecular flexibility index (Phi) is 5.87. The van der Waals surface area contributed by atoms with Crippen LogP contribution in [0.4, 0.5) is 0 Å². The third kappa shape index (κ3) is 4.81. The van der Waals surface area contributed by atoms with E-state index in [1.54, 1.807) is 20.9 Å². The maximum absolute atomic E-state index is 11.3. The highest BCUT2D eigenvalue weighted by atomic mass is 16.2. The van der Waals surface area contributed by atoms with E-state index in [0.29, 0.717) is 13.0 Å². The van der Waals surface area contributed by atoms with Crippen molar-refractivity contribution in [1.82, 2.24) is 10.6 Å². The van der Waals surface area contributed by atoms with Crippen LogP contribution in [-0.2, 0) is 9.59 Å². The van der Waals surface area contributed by atoms with Gasteiger partial charge in [0.2, 0.25) is 11.8 Å². The van der Waals surface area contributed by atoms with Crippen LogP contribution in [0, 0.1) is 5.92 Å². The topological polar surface area (TPSA) is 84.2 Å². The van der Waals surface area contributed by atoms with E-state index in [-0.39, 0.29) is 23.8 Å². The molecule has 0 bridgehead atoms. The summed E-state index contributed by atoms with van der Waals surface area (Å²) in [6.45, 7) is 3.90. The van der Waals surface area contributed by atoms with Gasteiger partial charge in [-0.05, 0) is 6.92 Å². The fourth-order valence-corrected chi connectivity index (χ4v) is 0.824. The quantitative estimate of drug-likeness (QED) is 0.545. The Labute approximate surface area is 84.4 Å². The van der Waals surface area contributed by atoms with Gasteiger partial charge in [0, 0.05) is 32.0 Å². The summed E-state index contributed by atoms with van der Waals surface area (Å²) in [6.07, 6.45) is 0.300. The minimum Gasteiger partial charge on any atom is -0.359 e. The maximum Gasteiger partial charge on any atom is 0.224 e. The van der Waals surface area contributed by atoms with Crippen LogP contribution in [0.5, 0.6) is 0 Å². The van der Waals surface area contributed by atoms with E-state index in [9.17, 15) is 9.59 Å². The van der Waals surface area contributed by atoms with Crippen LogP contribution in [0.25, 0.3) is 0 Å². The minimum absolute atomic E-state index is 0.0845. The summed E-state index contributed by atoms with van der Waals surface area (Å²) < 4.78 is 0. The van der Waals surface area contributed by atoms with Gasteiger partial charge >= 0.3 is 0 Å². The Morgan fingerprint density at radius 1 is 1.36 bits per heavy atom. The first-order valence-corrected chi connectivity index (χ1v) is 4.73. The van der Waals surface area contributed by atoms with Crippen molar-refractivity contribution in [3.8, 4) is 0 Å². The van der Waals surface area contributed by atoms with Gasteiger partial charge in [0.15, 0.2) is 0 Å². The molecule has 0 radical (unpaired) electrons. The predicted octanol–water partition coefficient (Wildman–Crippen LogP) is -0.778. The van der Waals surface area contributed by atoms with Crippen molar-refractivity contribution in [2.24, 2.45) is 11.7 Å². The Balaban J connectivity index is 3.69. The lowest BCUT2D eigenvalue weighted by atomic mass is 10.0. The highest BCUT2D eigenvalue weighted by Crippen LogP contribution is 1.98. The molecule has 0 aromatic rings. The molecule has 2 atom stereocenters. The zero-order valence-electron chi connectivity index (χ0n) is 8.96. The first kappa shape index (κ1) is 12.9. The number of carbonyl (C=O) groups is 2. The molecular formula is C9H19N3O2. The van der Waals surface area contributed by atoms with Crippen molar-refractivity contribution in [2.45, 2.75) is 26.3 Å². The van der Waals surface area contributed by atoms with E-state index >= 15 is 0 Å². The van der Waals surface area contributed by atoms with Crippen LogP contribution in [-0.4, -0.2) is 31.4 Å². The summed E-state index contributed by atoms with van der Waals surface area (Å²) in [6, 6.07) is -0.171. The number of hydrogen-bond acceptors (Lipinski definition) is 3. The summed E-state index contributed by atoms with van der Waals surface area (Å²) >= 11 is 0. The van der Waals surface area contributed by atoms with Crippen molar-refractivity contribution >= 4 is 11.8 Å². The monoisotopic (exact) mass is 201 g/mol.